The fourth-order valence-electron chi connectivity index (χ4n) is 2.26. The lowest BCUT2D eigenvalue weighted by molar-refractivity contribution is -0.384. The maximum Gasteiger partial charge on any atom is 0.273 e. The van der Waals surface area contributed by atoms with Crippen LogP contribution in [0.15, 0.2) is 53.1 Å². The van der Waals surface area contributed by atoms with Gasteiger partial charge in [-0.2, -0.15) is 0 Å². The first-order valence-corrected chi connectivity index (χ1v) is 6.98. The van der Waals surface area contributed by atoms with Crippen molar-refractivity contribution in [3.05, 3.63) is 75.8 Å². The van der Waals surface area contributed by atoms with Gasteiger partial charge < -0.3 is 4.42 Å². The van der Waals surface area contributed by atoms with Crippen LogP contribution in [0.3, 0.4) is 0 Å². The van der Waals surface area contributed by atoms with Crippen LogP contribution in [0.5, 0.6) is 0 Å². The van der Waals surface area contributed by atoms with E-state index in [1.54, 1.807) is 0 Å². The highest BCUT2D eigenvalue weighted by Gasteiger charge is 2.18. The lowest BCUT2D eigenvalue weighted by Gasteiger charge is -2.08. The van der Waals surface area contributed by atoms with Gasteiger partial charge in [0.25, 0.3) is 17.5 Å². The molecule has 0 unspecified atom stereocenters. The van der Waals surface area contributed by atoms with Gasteiger partial charge in [0, 0.05) is 23.1 Å². The Morgan fingerprint density at radius 1 is 1.08 bits per heavy atom. The van der Waals surface area contributed by atoms with Crippen molar-refractivity contribution in [2.45, 2.75) is 0 Å². The molecule has 1 heterocycles. The van der Waals surface area contributed by atoms with E-state index >= 15 is 0 Å². The summed E-state index contributed by atoms with van der Waals surface area (Å²) in [6.45, 7) is 0. The molecule has 1 aromatic heterocycles. The predicted molar refractivity (Wildman–Crippen MR) is 84.2 cm³/mol. The third-order valence-electron chi connectivity index (χ3n) is 3.42. The van der Waals surface area contributed by atoms with Crippen molar-refractivity contribution in [1.82, 2.24) is 10.9 Å². The first kappa shape index (κ1) is 16.1. The molecular formula is C16H10FN3O5. The van der Waals surface area contributed by atoms with Crippen LogP contribution in [0.4, 0.5) is 10.1 Å². The minimum atomic E-state index is -0.886. The zero-order valence-electron chi connectivity index (χ0n) is 12.5. The Bertz CT molecular complexity index is 998. The number of hydrogen-bond acceptors (Lipinski definition) is 5. The molecule has 3 aromatic rings. The van der Waals surface area contributed by atoms with Gasteiger partial charge in [-0.1, -0.05) is 6.07 Å². The second-order valence-electron chi connectivity index (χ2n) is 4.97. The summed E-state index contributed by atoms with van der Waals surface area (Å²) in [6, 6.07) is 8.83. The molecule has 25 heavy (non-hydrogen) atoms. The number of nitro benzene ring substituents is 1. The molecule has 3 rings (SSSR count). The van der Waals surface area contributed by atoms with Crippen LogP contribution in [-0.4, -0.2) is 16.7 Å². The van der Waals surface area contributed by atoms with Gasteiger partial charge >= 0.3 is 0 Å². The summed E-state index contributed by atoms with van der Waals surface area (Å²) >= 11 is 0. The molecule has 0 spiro atoms. The fourth-order valence-corrected chi connectivity index (χ4v) is 2.26. The number of non-ortho nitro benzene ring substituents is 1. The number of hydrogen-bond donors (Lipinski definition) is 2. The minimum absolute atomic E-state index is 0.0310. The number of hydrazine groups is 1. The number of nitrogens with one attached hydrogen (secondary N) is 2. The van der Waals surface area contributed by atoms with Gasteiger partial charge in [0.1, 0.15) is 11.4 Å². The van der Waals surface area contributed by atoms with Gasteiger partial charge in [-0.25, -0.2) is 4.39 Å². The van der Waals surface area contributed by atoms with Crippen LogP contribution >= 0.6 is 0 Å². The van der Waals surface area contributed by atoms with E-state index in [9.17, 15) is 24.1 Å². The molecule has 0 bridgehead atoms. The second-order valence-corrected chi connectivity index (χ2v) is 4.97. The van der Waals surface area contributed by atoms with Gasteiger partial charge in [-0.05, 0) is 24.3 Å². The molecule has 0 aliphatic carbocycles. The average Bonchev–Trinajstić information content (AvgIpc) is 3.07. The highest BCUT2D eigenvalue weighted by Crippen LogP contribution is 2.22. The van der Waals surface area contributed by atoms with Crippen LogP contribution in [0.2, 0.25) is 0 Å². The number of carbonyl (C=O) groups excluding carboxylic acids is 2. The molecule has 0 saturated heterocycles. The standard InChI is InChI=1S/C16H10FN3O5/c17-12-4-5-13-11(6-7-25-13)14(12)16(22)19-18-15(21)9-2-1-3-10(8-9)20(23)24/h1-8H,(H,18,21)(H,19,22). The van der Waals surface area contributed by atoms with Crippen molar-refractivity contribution < 1.29 is 23.3 Å². The molecule has 126 valence electrons. The molecule has 9 heteroatoms. The highest BCUT2D eigenvalue weighted by molar-refractivity contribution is 6.07. The summed E-state index contributed by atoms with van der Waals surface area (Å²) in [4.78, 5) is 34.2. The van der Waals surface area contributed by atoms with E-state index < -0.39 is 22.6 Å². The van der Waals surface area contributed by atoms with E-state index in [2.05, 4.69) is 10.9 Å². The monoisotopic (exact) mass is 343 g/mol. The summed E-state index contributed by atoms with van der Waals surface area (Å²) < 4.78 is 19.0. The topological polar surface area (TPSA) is 114 Å². The number of rotatable bonds is 3. The SMILES string of the molecule is O=C(NNC(=O)c1c(F)ccc2occc12)c1cccc([N+](=O)[O-])c1. The van der Waals surface area contributed by atoms with Crippen molar-refractivity contribution in [2.24, 2.45) is 0 Å². The van der Waals surface area contributed by atoms with Crippen LogP contribution < -0.4 is 10.9 Å². The average molecular weight is 343 g/mol. The zero-order valence-corrected chi connectivity index (χ0v) is 12.5. The molecule has 0 radical (unpaired) electrons. The molecule has 2 amide bonds. The third-order valence-corrected chi connectivity index (χ3v) is 3.42. The Morgan fingerprint density at radius 3 is 2.60 bits per heavy atom. The van der Waals surface area contributed by atoms with E-state index in [4.69, 9.17) is 4.42 Å². The summed E-state index contributed by atoms with van der Waals surface area (Å²) in [5.74, 6) is -2.45. The number of benzene rings is 2. The molecule has 8 nitrogen and oxygen atoms in total. The van der Waals surface area contributed by atoms with Crippen molar-refractivity contribution >= 4 is 28.5 Å². The fraction of sp³-hybridized carbons (Fsp3) is 0. The molecule has 0 atom stereocenters. The normalized spacial score (nSPS) is 10.4. The Morgan fingerprint density at radius 2 is 1.84 bits per heavy atom. The molecular weight excluding hydrogens is 333 g/mol. The zero-order chi connectivity index (χ0) is 18.0. The largest absolute Gasteiger partial charge is 0.464 e. The van der Waals surface area contributed by atoms with Crippen molar-refractivity contribution in [2.75, 3.05) is 0 Å². The van der Waals surface area contributed by atoms with Crippen molar-refractivity contribution in [3.8, 4) is 0 Å². The molecule has 2 aromatic carbocycles. The Hall–Kier alpha value is -3.75. The van der Waals surface area contributed by atoms with Crippen molar-refractivity contribution in [1.29, 1.82) is 0 Å². The maximum atomic E-state index is 13.9. The number of carbonyl (C=O) groups is 2. The summed E-state index contributed by atoms with van der Waals surface area (Å²) in [5, 5.41) is 11.0. The van der Waals surface area contributed by atoms with Crippen LogP contribution in [0, 0.1) is 15.9 Å². The van der Waals surface area contributed by atoms with Gasteiger partial charge in [-0.15, -0.1) is 0 Å². The number of furan rings is 1. The quantitative estimate of drug-likeness (QED) is 0.560. The lowest BCUT2D eigenvalue weighted by atomic mass is 10.1. The number of halogens is 1. The van der Waals surface area contributed by atoms with Gasteiger partial charge in [0.05, 0.1) is 16.7 Å². The first-order chi connectivity index (χ1) is 12.0. The van der Waals surface area contributed by atoms with E-state index in [0.29, 0.717) is 5.58 Å². The van der Waals surface area contributed by atoms with Gasteiger partial charge in [0.2, 0.25) is 0 Å². The Balaban J connectivity index is 1.77. The highest BCUT2D eigenvalue weighted by atomic mass is 19.1. The summed E-state index contributed by atoms with van der Waals surface area (Å²) in [6.07, 6.45) is 1.31. The summed E-state index contributed by atoms with van der Waals surface area (Å²) in [7, 11) is 0. The van der Waals surface area contributed by atoms with E-state index in [1.165, 1.54) is 36.6 Å². The Kier molecular flexibility index (Phi) is 4.12. The molecule has 0 aliphatic rings. The molecule has 2 N–H and O–H groups in total. The number of nitrogens with zero attached hydrogens (tertiary/aromatic N) is 1. The summed E-state index contributed by atoms with van der Waals surface area (Å²) in [5.41, 5.74) is 3.90. The van der Waals surface area contributed by atoms with E-state index in [-0.39, 0.29) is 22.2 Å². The predicted octanol–water partition coefficient (Wildman–Crippen LogP) is 2.55. The molecule has 0 fully saturated rings. The van der Waals surface area contributed by atoms with Crippen LogP contribution in [0.25, 0.3) is 11.0 Å². The second kappa shape index (κ2) is 6.40. The first-order valence-electron chi connectivity index (χ1n) is 6.98. The minimum Gasteiger partial charge on any atom is -0.464 e. The number of fused-ring (bicyclic) bond motifs is 1. The third kappa shape index (κ3) is 3.15. The molecule has 0 aliphatic heterocycles. The van der Waals surface area contributed by atoms with Gasteiger partial charge in [-0.3, -0.25) is 30.6 Å². The van der Waals surface area contributed by atoms with Crippen molar-refractivity contribution in [3.63, 3.8) is 0 Å². The smallest absolute Gasteiger partial charge is 0.273 e. The van der Waals surface area contributed by atoms with E-state index in [0.717, 1.165) is 12.1 Å². The number of nitro groups is 1. The van der Waals surface area contributed by atoms with Gasteiger partial charge in [0.15, 0.2) is 0 Å². The lowest BCUT2D eigenvalue weighted by Crippen LogP contribution is -2.42. The number of amides is 2. The van der Waals surface area contributed by atoms with E-state index in [1.807, 2.05) is 0 Å². The Labute approximate surface area is 139 Å². The maximum absolute atomic E-state index is 13.9. The van der Waals surface area contributed by atoms with Crippen LogP contribution in [-0.2, 0) is 0 Å². The molecule has 0 saturated carbocycles. The van der Waals surface area contributed by atoms with Crippen LogP contribution in [0.1, 0.15) is 20.7 Å².